The summed E-state index contributed by atoms with van der Waals surface area (Å²) in [5, 5.41) is 11.8. The van der Waals surface area contributed by atoms with Gasteiger partial charge in [0.1, 0.15) is 6.61 Å². The highest BCUT2D eigenvalue weighted by molar-refractivity contribution is 5.85. The number of nitrogens with zero attached hydrogens (tertiary/aromatic N) is 5. The fraction of sp³-hybridized carbons (Fsp3) is 0.667. The van der Waals surface area contributed by atoms with Crippen LogP contribution >= 0.6 is 12.4 Å². The number of hydrogen-bond acceptors (Lipinski definition) is 8. The second kappa shape index (κ2) is 10.1. The van der Waals surface area contributed by atoms with Crippen LogP contribution in [0.4, 0.5) is 0 Å². The fourth-order valence-corrected chi connectivity index (χ4v) is 3.59. The van der Waals surface area contributed by atoms with Crippen LogP contribution in [0.25, 0.3) is 0 Å². The lowest BCUT2D eigenvalue weighted by atomic mass is 10.1. The van der Waals surface area contributed by atoms with Crippen LogP contribution < -0.4 is 5.32 Å². The van der Waals surface area contributed by atoms with E-state index in [1.54, 1.807) is 7.11 Å². The van der Waals surface area contributed by atoms with Gasteiger partial charge in [-0.2, -0.15) is 10.1 Å². The monoisotopic (exact) mass is 426 g/mol. The van der Waals surface area contributed by atoms with Gasteiger partial charge < -0.3 is 24.2 Å². The van der Waals surface area contributed by atoms with Crippen molar-refractivity contribution in [3.05, 3.63) is 29.2 Å². The maximum atomic E-state index is 12.7. The van der Waals surface area contributed by atoms with Crippen LogP contribution in [-0.4, -0.2) is 70.2 Å². The fourth-order valence-electron chi connectivity index (χ4n) is 3.59. The van der Waals surface area contributed by atoms with E-state index in [0.717, 1.165) is 25.3 Å². The van der Waals surface area contributed by atoms with E-state index in [0.29, 0.717) is 57.3 Å². The summed E-state index contributed by atoms with van der Waals surface area (Å²) >= 11 is 0. The second-order valence-corrected chi connectivity index (χ2v) is 7.10. The smallest absolute Gasteiger partial charge is 0.229 e. The molecule has 1 fully saturated rings. The van der Waals surface area contributed by atoms with Crippen molar-refractivity contribution in [3.8, 4) is 0 Å². The lowest BCUT2D eigenvalue weighted by Crippen LogP contribution is -2.46. The number of aryl methyl sites for hydroxylation is 1. The summed E-state index contributed by atoms with van der Waals surface area (Å²) in [5.74, 6) is 1.14. The SMILES string of the molecule is COCc1noc(CC2CN(C(=O)CCc3cc4n(n3)CCNC4)CCO2)n1.Cl. The van der Waals surface area contributed by atoms with Crippen LogP contribution in [-0.2, 0) is 46.8 Å². The highest BCUT2D eigenvalue weighted by Gasteiger charge is 2.26. The summed E-state index contributed by atoms with van der Waals surface area (Å²) in [6.07, 6.45) is 1.46. The summed E-state index contributed by atoms with van der Waals surface area (Å²) in [4.78, 5) is 18.8. The van der Waals surface area contributed by atoms with Gasteiger partial charge in [0.05, 0.1) is 37.1 Å². The molecule has 160 valence electrons. The molecule has 2 aromatic rings. The molecule has 1 amide bonds. The van der Waals surface area contributed by atoms with Crippen molar-refractivity contribution in [2.75, 3.05) is 33.4 Å². The molecule has 10 nitrogen and oxygen atoms in total. The summed E-state index contributed by atoms with van der Waals surface area (Å²) in [5.41, 5.74) is 2.17. The highest BCUT2D eigenvalue weighted by Crippen LogP contribution is 2.14. The van der Waals surface area contributed by atoms with Gasteiger partial charge in [-0.25, -0.2) is 0 Å². The molecular formula is C18H27ClN6O4. The number of aromatic nitrogens is 4. The van der Waals surface area contributed by atoms with E-state index in [4.69, 9.17) is 14.0 Å². The van der Waals surface area contributed by atoms with Crippen LogP contribution in [0.3, 0.4) is 0 Å². The number of ether oxygens (including phenoxy) is 2. The van der Waals surface area contributed by atoms with E-state index >= 15 is 0 Å². The van der Waals surface area contributed by atoms with Crippen molar-refractivity contribution < 1.29 is 18.8 Å². The van der Waals surface area contributed by atoms with Crippen molar-refractivity contribution in [2.24, 2.45) is 0 Å². The molecule has 0 aliphatic carbocycles. The molecule has 29 heavy (non-hydrogen) atoms. The van der Waals surface area contributed by atoms with E-state index in [-0.39, 0.29) is 24.4 Å². The first kappa shape index (κ1) is 21.7. The first-order chi connectivity index (χ1) is 13.7. The molecule has 0 saturated carbocycles. The normalized spacial score (nSPS) is 18.9. The zero-order chi connectivity index (χ0) is 19.3. The Morgan fingerprint density at radius 2 is 2.31 bits per heavy atom. The molecule has 4 rings (SSSR count). The number of amides is 1. The minimum Gasteiger partial charge on any atom is -0.377 e. The third kappa shape index (κ3) is 5.53. The Morgan fingerprint density at radius 3 is 3.14 bits per heavy atom. The zero-order valence-corrected chi connectivity index (χ0v) is 17.3. The molecule has 2 aromatic heterocycles. The molecule has 0 radical (unpaired) electrons. The summed E-state index contributed by atoms with van der Waals surface area (Å²) in [6, 6.07) is 2.09. The lowest BCUT2D eigenvalue weighted by molar-refractivity contribution is -0.138. The minimum absolute atomic E-state index is 0. The van der Waals surface area contributed by atoms with Gasteiger partial charge in [0.15, 0.2) is 5.82 Å². The van der Waals surface area contributed by atoms with E-state index in [2.05, 4.69) is 26.6 Å². The molecule has 11 heteroatoms. The Kier molecular flexibility index (Phi) is 7.59. The predicted molar refractivity (Wildman–Crippen MR) is 105 cm³/mol. The molecule has 2 aliphatic heterocycles. The van der Waals surface area contributed by atoms with Gasteiger partial charge in [-0.15, -0.1) is 12.4 Å². The van der Waals surface area contributed by atoms with Crippen molar-refractivity contribution in [1.29, 1.82) is 0 Å². The number of halogens is 1. The summed E-state index contributed by atoms with van der Waals surface area (Å²) in [7, 11) is 1.58. The molecule has 1 saturated heterocycles. The van der Waals surface area contributed by atoms with Gasteiger partial charge in [0, 0.05) is 46.1 Å². The summed E-state index contributed by atoms with van der Waals surface area (Å²) < 4.78 is 18.0. The predicted octanol–water partition coefficient (Wildman–Crippen LogP) is 0.340. The zero-order valence-electron chi connectivity index (χ0n) is 16.5. The lowest BCUT2D eigenvalue weighted by Gasteiger charge is -2.32. The summed E-state index contributed by atoms with van der Waals surface area (Å²) in [6.45, 7) is 4.63. The van der Waals surface area contributed by atoms with E-state index in [1.807, 2.05) is 9.58 Å². The quantitative estimate of drug-likeness (QED) is 0.675. The molecule has 4 heterocycles. The Labute approximate surface area is 175 Å². The molecular weight excluding hydrogens is 400 g/mol. The Hall–Kier alpha value is -2.01. The van der Waals surface area contributed by atoms with Gasteiger partial charge >= 0.3 is 0 Å². The van der Waals surface area contributed by atoms with Crippen LogP contribution in [0.15, 0.2) is 10.6 Å². The van der Waals surface area contributed by atoms with E-state index in [1.165, 1.54) is 5.69 Å². The van der Waals surface area contributed by atoms with Crippen molar-refractivity contribution in [2.45, 2.75) is 45.1 Å². The number of fused-ring (bicyclic) bond motifs is 1. The number of morpholine rings is 1. The molecule has 0 spiro atoms. The Balaban J connectivity index is 0.00000240. The number of methoxy groups -OCH3 is 1. The van der Waals surface area contributed by atoms with Crippen molar-refractivity contribution in [1.82, 2.24) is 30.1 Å². The molecule has 1 unspecified atom stereocenters. The van der Waals surface area contributed by atoms with Crippen molar-refractivity contribution in [3.63, 3.8) is 0 Å². The van der Waals surface area contributed by atoms with E-state index < -0.39 is 0 Å². The van der Waals surface area contributed by atoms with E-state index in [9.17, 15) is 4.79 Å². The third-order valence-corrected chi connectivity index (χ3v) is 4.99. The van der Waals surface area contributed by atoms with Crippen LogP contribution in [0.1, 0.15) is 29.5 Å². The van der Waals surface area contributed by atoms with Crippen LogP contribution in [0.5, 0.6) is 0 Å². The Bertz CT molecular complexity index is 787. The second-order valence-electron chi connectivity index (χ2n) is 7.10. The number of rotatable bonds is 7. The number of carbonyl (C=O) groups is 1. The third-order valence-electron chi connectivity index (χ3n) is 4.99. The maximum absolute atomic E-state index is 12.7. The molecule has 2 aliphatic rings. The minimum atomic E-state index is -0.139. The van der Waals surface area contributed by atoms with Crippen LogP contribution in [0, 0.1) is 0 Å². The van der Waals surface area contributed by atoms with Gasteiger partial charge in [0.25, 0.3) is 0 Å². The highest BCUT2D eigenvalue weighted by atomic mass is 35.5. The van der Waals surface area contributed by atoms with Gasteiger partial charge in [-0.1, -0.05) is 5.16 Å². The average molecular weight is 427 g/mol. The molecule has 0 bridgehead atoms. The first-order valence-corrected chi connectivity index (χ1v) is 9.67. The topological polar surface area (TPSA) is 108 Å². The largest absolute Gasteiger partial charge is 0.377 e. The number of nitrogens with one attached hydrogen (secondary N) is 1. The molecule has 0 aromatic carbocycles. The standard InChI is InChI=1S/C18H26N6O4.ClH/c1-26-12-16-20-17(28-22-16)9-15-11-23(6-7-27-15)18(25)3-2-13-8-14-10-19-4-5-24(14)21-13;/h8,15,19H,2-7,9-12H2,1H3;1H. The maximum Gasteiger partial charge on any atom is 0.229 e. The van der Waals surface area contributed by atoms with Gasteiger partial charge in [-0.3, -0.25) is 9.48 Å². The van der Waals surface area contributed by atoms with Crippen molar-refractivity contribution >= 4 is 18.3 Å². The Morgan fingerprint density at radius 1 is 1.41 bits per heavy atom. The molecule has 1 atom stereocenters. The van der Waals surface area contributed by atoms with Gasteiger partial charge in [0.2, 0.25) is 11.8 Å². The van der Waals surface area contributed by atoms with Crippen LogP contribution in [0.2, 0.25) is 0 Å². The average Bonchev–Trinajstić information content (AvgIpc) is 3.33. The first-order valence-electron chi connectivity index (χ1n) is 9.67. The number of hydrogen-bond donors (Lipinski definition) is 1. The molecule has 1 N–H and O–H groups in total. The van der Waals surface area contributed by atoms with Gasteiger partial charge in [-0.05, 0) is 6.07 Å². The number of carbonyl (C=O) groups excluding carboxylic acids is 1.